The van der Waals surface area contributed by atoms with Crippen LogP contribution in [0.1, 0.15) is 24.6 Å². The van der Waals surface area contributed by atoms with Crippen LogP contribution in [-0.2, 0) is 10.0 Å². The van der Waals surface area contributed by atoms with Crippen molar-refractivity contribution in [1.82, 2.24) is 24.2 Å². The summed E-state index contributed by atoms with van der Waals surface area (Å²) in [5, 5.41) is 2.94. The fraction of sp³-hybridized carbons (Fsp3) is 0.263. The number of ether oxygens (including phenoxy) is 1. The number of anilines is 2. The molecule has 3 heterocycles. The van der Waals surface area contributed by atoms with Gasteiger partial charge in [-0.25, -0.2) is 28.4 Å². The van der Waals surface area contributed by atoms with Gasteiger partial charge in [0.05, 0.1) is 23.7 Å². The molecule has 150 valence electrons. The summed E-state index contributed by atoms with van der Waals surface area (Å²) < 4.78 is 33.0. The highest BCUT2D eigenvalue weighted by Gasteiger charge is 2.37. The van der Waals surface area contributed by atoms with Gasteiger partial charge in [-0.1, -0.05) is 0 Å². The molecule has 1 fully saturated rings. The lowest BCUT2D eigenvalue weighted by Gasteiger charge is -2.24. The van der Waals surface area contributed by atoms with E-state index in [4.69, 9.17) is 4.74 Å². The standard InChI is InChI=1S/C19H20N6O3S/c1-28-14-5-7-15(8-6-14)29(26,27)25-13-2-4-17(25)16-9-12-22-19(23-16)24-18-20-10-3-11-21-18/h3,5-12,17H,2,4,13H2,1H3,(H,20,21,22,23,24)/t17-/m0/s1. The molecule has 0 saturated carbocycles. The predicted octanol–water partition coefficient (Wildman–Crippen LogP) is 2.54. The molecule has 0 bridgehead atoms. The summed E-state index contributed by atoms with van der Waals surface area (Å²) in [6.45, 7) is 0.438. The van der Waals surface area contributed by atoms with Crippen LogP contribution in [0.3, 0.4) is 0 Å². The van der Waals surface area contributed by atoms with Gasteiger partial charge < -0.3 is 4.74 Å². The van der Waals surface area contributed by atoms with Gasteiger partial charge in [-0.3, -0.25) is 5.32 Å². The minimum Gasteiger partial charge on any atom is -0.497 e. The smallest absolute Gasteiger partial charge is 0.243 e. The number of rotatable bonds is 6. The molecule has 2 aromatic heterocycles. The van der Waals surface area contributed by atoms with Crippen LogP contribution in [0.25, 0.3) is 0 Å². The predicted molar refractivity (Wildman–Crippen MR) is 106 cm³/mol. The largest absolute Gasteiger partial charge is 0.497 e. The first-order valence-electron chi connectivity index (χ1n) is 9.11. The molecule has 0 radical (unpaired) electrons. The Balaban J connectivity index is 1.60. The van der Waals surface area contributed by atoms with Crippen molar-refractivity contribution >= 4 is 21.9 Å². The quantitative estimate of drug-likeness (QED) is 0.658. The van der Waals surface area contributed by atoms with Crippen LogP contribution in [-0.4, -0.2) is 46.3 Å². The van der Waals surface area contributed by atoms with E-state index in [0.717, 1.165) is 6.42 Å². The van der Waals surface area contributed by atoms with Gasteiger partial charge in [-0.2, -0.15) is 4.31 Å². The summed E-state index contributed by atoms with van der Waals surface area (Å²) >= 11 is 0. The van der Waals surface area contributed by atoms with Crippen molar-refractivity contribution in [3.63, 3.8) is 0 Å². The van der Waals surface area contributed by atoms with Gasteiger partial charge in [-0.05, 0) is 49.2 Å². The number of methoxy groups -OCH3 is 1. The second-order valence-electron chi connectivity index (χ2n) is 6.45. The third-order valence-corrected chi connectivity index (χ3v) is 6.60. The van der Waals surface area contributed by atoms with Crippen molar-refractivity contribution in [2.24, 2.45) is 0 Å². The number of hydrogen-bond acceptors (Lipinski definition) is 8. The number of hydrogen-bond donors (Lipinski definition) is 1. The Hall–Kier alpha value is -3.11. The van der Waals surface area contributed by atoms with Gasteiger partial charge in [-0.15, -0.1) is 0 Å². The highest BCUT2D eigenvalue weighted by atomic mass is 32.2. The SMILES string of the molecule is COc1ccc(S(=O)(=O)N2CCC[C@H]2c2ccnc(Nc3ncccn3)n2)cc1. The van der Waals surface area contributed by atoms with E-state index in [0.29, 0.717) is 36.3 Å². The Morgan fingerprint density at radius 2 is 1.76 bits per heavy atom. The maximum atomic E-state index is 13.2. The zero-order valence-electron chi connectivity index (χ0n) is 15.8. The van der Waals surface area contributed by atoms with Gasteiger partial charge in [0.1, 0.15) is 5.75 Å². The maximum Gasteiger partial charge on any atom is 0.243 e. The topological polar surface area (TPSA) is 110 Å². The van der Waals surface area contributed by atoms with E-state index in [-0.39, 0.29) is 10.9 Å². The van der Waals surface area contributed by atoms with E-state index in [1.807, 2.05) is 0 Å². The molecule has 1 atom stereocenters. The molecule has 1 N–H and O–H groups in total. The first-order valence-corrected chi connectivity index (χ1v) is 10.5. The minimum absolute atomic E-state index is 0.232. The van der Waals surface area contributed by atoms with Crippen LogP contribution >= 0.6 is 0 Å². The lowest BCUT2D eigenvalue weighted by Crippen LogP contribution is -2.31. The number of aromatic nitrogens is 4. The molecule has 1 aliphatic heterocycles. The number of nitrogens with one attached hydrogen (secondary N) is 1. The van der Waals surface area contributed by atoms with E-state index in [2.05, 4.69) is 25.3 Å². The molecular formula is C19H20N6O3S. The molecule has 29 heavy (non-hydrogen) atoms. The van der Waals surface area contributed by atoms with Crippen LogP contribution in [0.4, 0.5) is 11.9 Å². The zero-order valence-corrected chi connectivity index (χ0v) is 16.6. The molecule has 4 rings (SSSR count). The Morgan fingerprint density at radius 3 is 2.48 bits per heavy atom. The molecule has 0 amide bonds. The van der Waals surface area contributed by atoms with Crippen LogP contribution in [0.5, 0.6) is 5.75 Å². The molecule has 1 aliphatic rings. The fourth-order valence-electron chi connectivity index (χ4n) is 3.29. The van der Waals surface area contributed by atoms with Crippen LogP contribution in [0.15, 0.2) is 59.9 Å². The van der Waals surface area contributed by atoms with E-state index < -0.39 is 10.0 Å². The fourth-order valence-corrected chi connectivity index (χ4v) is 4.96. The van der Waals surface area contributed by atoms with Crippen LogP contribution < -0.4 is 10.1 Å². The third-order valence-electron chi connectivity index (χ3n) is 4.68. The summed E-state index contributed by atoms with van der Waals surface area (Å²) in [6, 6.07) is 9.50. The average molecular weight is 412 g/mol. The highest BCUT2D eigenvalue weighted by Crippen LogP contribution is 2.36. The first kappa shape index (κ1) is 19.2. The zero-order chi connectivity index (χ0) is 20.3. The van der Waals surface area contributed by atoms with Crippen molar-refractivity contribution in [2.45, 2.75) is 23.8 Å². The Bertz CT molecular complexity index is 1080. The minimum atomic E-state index is -3.66. The van der Waals surface area contributed by atoms with Gasteiger partial charge in [0.25, 0.3) is 0 Å². The second kappa shape index (κ2) is 8.10. The maximum absolute atomic E-state index is 13.2. The molecule has 0 unspecified atom stereocenters. The van der Waals surface area contributed by atoms with Crippen LogP contribution in [0, 0.1) is 0 Å². The van der Waals surface area contributed by atoms with E-state index in [1.165, 1.54) is 4.31 Å². The highest BCUT2D eigenvalue weighted by molar-refractivity contribution is 7.89. The summed E-state index contributed by atoms with van der Waals surface area (Å²) in [4.78, 5) is 17.1. The Labute approximate surface area is 168 Å². The van der Waals surface area contributed by atoms with Gasteiger partial charge in [0.2, 0.25) is 21.9 Å². The lowest BCUT2D eigenvalue weighted by atomic mass is 10.1. The molecule has 1 aromatic carbocycles. The van der Waals surface area contributed by atoms with Gasteiger partial charge in [0.15, 0.2) is 0 Å². The molecule has 9 nitrogen and oxygen atoms in total. The van der Waals surface area contributed by atoms with Crippen molar-refractivity contribution in [3.8, 4) is 5.75 Å². The number of nitrogens with zero attached hydrogens (tertiary/aromatic N) is 5. The number of sulfonamides is 1. The van der Waals surface area contributed by atoms with Crippen LogP contribution in [0.2, 0.25) is 0 Å². The van der Waals surface area contributed by atoms with E-state index >= 15 is 0 Å². The molecule has 3 aromatic rings. The summed E-state index contributed by atoms with van der Waals surface area (Å²) in [7, 11) is -2.12. The Kier molecular flexibility index (Phi) is 5.36. The average Bonchev–Trinajstić information content (AvgIpc) is 3.26. The van der Waals surface area contributed by atoms with E-state index in [1.54, 1.807) is 62.1 Å². The normalized spacial score (nSPS) is 17.2. The molecule has 0 spiro atoms. The molecular weight excluding hydrogens is 392 g/mol. The molecule has 0 aliphatic carbocycles. The lowest BCUT2D eigenvalue weighted by molar-refractivity contribution is 0.390. The van der Waals surface area contributed by atoms with Crippen molar-refractivity contribution in [3.05, 3.63) is 60.7 Å². The van der Waals surface area contributed by atoms with Gasteiger partial charge in [0, 0.05) is 25.1 Å². The molecule has 1 saturated heterocycles. The first-order chi connectivity index (χ1) is 14.1. The van der Waals surface area contributed by atoms with Crippen molar-refractivity contribution in [1.29, 1.82) is 0 Å². The summed E-state index contributed by atoms with van der Waals surface area (Å²) in [5.41, 5.74) is 0.632. The molecule has 10 heteroatoms. The van der Waals surface area contributed by atoms with E-state index in [9.17, 15) is 8.42 Å². The monoisotopic (exact) mass is 412 g/mol. The summed E-state index contributed by atoms with van der Waals surface area (Å²) in [6.07, 6.45) is 6.27. The second-order valence-corrected chi connectivity index (χ2v) is 8.34. The Morgan fingerprint density at radius 1 is 1.03 bits per heavy atom. The summed E-state index contributed by atoms with van der Waals surface area (Å²) in [5.74, 6) is 1.30. The number of benzene rings is 1. The van der Waals surface area contributed by atoms with Gasteiger partial charge >= 0.3 is 0 Å². The third kappa shape index (κ3) is 4.03. The van der Waals surface area contributed by atoms with Crippen molar-refractivity contribution < 1.29 is 13.2 Å². The van der Waals surface area contributed by atoms with Crippen molar-refractivity contribution in [2.75, 3.05) is 19.0 Å².